The molecule has 7 heteroatoms. The highest BCUT2D eigenvalue weighted by atomic mass is 32.1. The number of hydrogen-bond donors (Lipinski definition) is 2. The molecule has 0 saturated heterocycles. The van der Waals surface area contributed by atoms with Crippen LogP contribution in [0.4, 0.5) is 10.1 Å². The van der Waals surface area contributed by atoms with E-state index in [1.165, 1.54) is 17.0 Å². The van der Waals surface area contributed by atoms with Gasteiger partial charge in [0.15, 0.2) is 5.82 Å². The SMILES string of the molecule is Nn1c(CNc2ccc(F)cc2)nc2sc3c(c2c1=O)CCCC3. The fourth-order valence-electron chi connectivity index (χ4n) is 3.13. The minimum Gasteiger partial charge on any atom is -0.378 e. The summed E-state index contributed by atoms with van der Waals surface area (Å²) in [7, 11) is 0. The summed E-state index contributed by atoms with van der Waals surface area (Å²) >= 11 is 1.60. The minimum atomic E-state index is -0.292. The van der Waals surface area contributed by atoms with E-state index in [0.29, 0.717) is 17.8 Å². The summed E-state index contributed by atoms with van der Waals surface area (Å²) in [6.07, 6.45) is 4.22. The number of halogens is 1. The molecule has 3 aromatic rings. The van der Waals surface area contributed by atoms with Gasteiger partial charge in [0, 0.05) is 10.6 Å². The maximum Gasteiger partial charge on any atom is 0.281 e. The quantitative estimate of drug-likeness (QED) is 0.717. The van der Waals surface area contributed by atoms with Crippen LogP contribution in [0.3, 0.4) is 0 Å². The summed E-state index contributed by atoms with van der Waals surface area (Å²) in [6, 6.07) is 6.02. The molecule has 24 heavy (non-hydrogen) atoms. The molecular weight excluding hydrogens is 327 g/mol. The summed E-state index contributed by atoms with van der Waals surface area (Å²) in [5.41, 5.74) is 1.70. The Hall–Kier alpha value is -2.41. The second kappa shape index (κ2) is 5.90. The molecule has 4 rings (SSSR count). The molecule has 1 aliphatic rings. The number of nitrogens with zero attached hydrogens (tertiary/aromatic N) is 2. The lowest BCUT2D eigenvalue weighted by Crippen LogP contribution is -2.32. The first-order chi connectivity index (χ1) is 11.6. The van der Waals surface area contributed by atoms with Crippen LogP contribution in [0.25, 0.3) is 10.2 Å². The molecule has 1 aromatic carbocycles. The van der Waals surface area contributed by atoms with Crippen molar-refractivity contribution in [2.75, 3.05) is 11.2 Å². The van der Waals surface area contributed by atoms with E-state index >= 15 is 0 Å². The number of fused-ring (bicyclic) bond motifs is 3. The fraction of sp³-hybridized carbons (Fsp3) is 0.294. The summed E-state index contributed by atoms with van der Waals surface area (Å²) in [5, 5.41) is 3.80. The van der Waals surface area contributed by atoms with E-state index in [0.717, 1.165) is 46.4 Å². The summed E-state index contributed by atoms with van der Waals surface area (Å²) in [5.74, 6) is 6.15. The van der Waals surface area contributed by atoms with Crippen LogP contribution in [-0.4, -0.2) is 9.66 Å². The van der Waals surface area contributed by atoms with Crippen LogP contribution in [0.15, 0.2) is 29.1 Å². The fourth-order valence-corrected chi connectivity index (χ4v) is 4.40. The number of benzene rings is 1. The molecule has 0 radical (unpaired) electrons. The molecule has 0 unspecified atom stereocenters. The third kappa shape index (κ3) is 2.54. The molecule has 0 aliphatic heterocycles. The Kier molecular flexibility index (Phi) is 3.72. The predicted molar refractivity (Wildman–Crippen MR) is 94.4 cm³/mol. The van der Waals surface area contributed by atoms with Crippen LogP contribution in [0.5, 0.6) is 0 Å². The Morgan fingerprint density at radius 3 is 2.79 bits per heavy atom. The smallest absolute Gasteiger partial charge is 0.281 e. The van der Waals surface area contributed by atoms with Crippen molar-refractivity contribution in [2.24, 2.45) is 0 Å². The lowest BCUT2D eigenvalue weighted by Gasteiger charge is -2.11. The van der Waals surface area contributed by atoms with Crippen LogP contribution in [0.2, 0.25) is 0 Å². The summed E-state index contributed by atoms with van der Waals surface area (Å²) in [6.45, 7) is 0.301. The molecule has 124 valence electrons. The van der Waals surface area contributed by atoms with Crippen molar-refractivity contribution in [3.8, 4) is 0 Å². The lowest BCUT2D eigenvalue weighted by molar-refractivity contribution is 0.628. The molecule has 1 aliphatic carbocycles. The van der Waals surface area contributed by atoms with Gasteiger partial charge in [0.1, 0.15) is 10.6 Å². The zero-order valence-electron chi connectivity index (χ0n) is 13.0. The maximum atomic E-state index is 12.9. The van der Waals surface area contributed by atoms with Crippen LogP contribution >= 0.6 is 11.3 Å². The summed E-state index contributed by atoms with van der Waals surface area (Å²) in [4.78, 5) is 19.3. The van der Waals surface area contributed by atoms with Gasteiger partial charge in [0.25, 0.3) is 5.56 Å². The predicted octanol–water partition coefficient (Wildman–Crippen LogP) is 2.80. The second-order valence-corrected chi connectivity index (χ2v) is 7.04. The zero-order chi connectivity index (χ0) is 16.7. The Labute approximate surface area is 141 Å². The molecule has 2 heterocycles. The molecule has 0 bridgehead atoms. The number of thiophene rings is 1. The number of nitrogens with two attached hydrogens (primary N) is 1. The largest absolute Gasteiger partial charge is 0.378 e. The van der Waals surface area contributed by atoms with Gasteiger partial charge in [-0.2, -0.15) is 0 Å². The van der Waals surface area contributed by atoms with Crippen molar-refractivity contribution >= 4 is 27.2 Å². The monoisotopic (exact) mass is 344 g/mol. The van der Waals surface area contributed by atoms with E-state index in [4.69, 9.17) is 5.84 Å². The van der Waals surface area contributed by atoms with Gasteiger partial charge in [-0.1, -0.05) is 0 Å². The molecule has 5 nitrogen and oxygen atoms in total. The van der Waals surface area contributed by atoms with Crippen molar-refractivity contribution in [2.45, 2.75) is 32.2 Å². The average molecular weight is 344 g/mol. The van der Waals surface area contributed by atoms with Crippen molar-refractivity contribution in [1.29, 1.82) is 0 Å². The number of anilines is 1. The molecule has 0 saturated carbocycles. The zero-order valence-corrected chi connectivity index (χ0v) is 13.8. The standard InChI is InChI=1S/C17H17FN4OS/c18-10-5-7-11(8-6-10)20-9-14-21-16-15(17(23)22(14)19)12-3-1-2-4-13(12)24-16/h5-8,20H,1-4,9,19H2. The highest BCUT2D eigenvalue weighted by molar-refractivity contribution is 7.18. The highest BCUT2D eigenvalue weighted by Gasteiger charge is 2.21. The van der Waals surface area contributed by atoms with E-state index < -0.39 is 0 Å². The van der Waals surface area contributed by atoms with Crippen molar-refractivity contribution in [3.63, 3.8) is 0 Å². The van der Waals surface area contributed by atoms with E-state index in [1.807, 2.05) is 0 Å². The first-order valence-electron chi connectivity index (χ1n) is 7.94. The molecule has 0 amide bonds. The number of rotatable bonds is 3. The van der Waals surface area contributed by atoms with Gasteiger partial charge >= 0.3 is 0 Å². The lowest BCUT2D eigenvalue weighted by atomic mass is 9.97. The number of hydrogen-bond acceptors (Lipinski definition) is 5. The van der Waals surface area contributed by atoms with Gasteiger partial charge in [-0.15, -0.1) is 11.3 Å². The van der Waals surface area contributed by atoms with Gasteiger partial charge in [-0.25, -0.2) is 14.1 Å². The average Bonchev–Trinajstić information content (AvgIpc) is 2.96. The third-order valence-corrected chi connectivity index (χ3v) is 5.57. The molecule has 0 atom stereocenters. The molecule has 2 aromatic heterocycles. The number of aromatic nitrogens is 2. The van der Waals surface area contributed by atoms with Crippen molar-refractivity contribution in [3.05, 3.63) is 56.7 Å². The van der Waals surface area contributed by atoms with E-state index in [-0.39, 0.29) is 11.4 Å². The molecular formula is C17H17FN4OS. The first kappa shape index (κ1) is 15.1. The summed E-state index contributed by atoms with van der Waals surface area (Å²) < 4.78 is 14.1. The number of nitrogen functional groups attached to an aromatic ring is 1. The molecule has 0 fully saturated rings. The molecule has 0 spiro atoms. The Morgan fingerprint density at radius 2 is 2.00 bits per heavy atom. The van der Waals surface area contributed by atoms with Crippen LogP contribution in [0, 0.1) is 5.82 Å². The van der Waals surface area contributed by atoms with E-state index in [9.17, 15) is 9.18 Å². The van der Waals surface area contributed by atoms with Crippen LogP contribution in [0.1, 0.15) is 29.1 Å². The number of aryl methyl sites for hydroxylation is 2. The first-order valence-corrected chi connectivity index (χ1v) is 8.76. The van der Waals surface area contributed by atoms with Crippen LogP contribution in [-0.2, 0) is 19.4 Å². The highest BCUT2D eigenvalue weighted by Crippen LogP contribution is 2.33. The Morgan fingerprint density at radius 1 is 1.25 bits per heavy atom. The van der Waals surface area contributed by atoms with Crippen LogP contribution < -0.4 is 16.7 Å². The van der Waals surface area contributed by atoms with Gasteiger partial charge in [0.05, 0.1) is 11.9 Å². The van der Waals surface area contributed by atoms with E-state index in [2.05, 4.69) is 10.3 Å². The third-order valence-electron chi connectivity index (χ3n) is 4.39. The molecule has 3 N–H and O–H groups in total. The number of nitrogens with one attached hydrogen (secondary N) is 1. The maximum absolute atomic E-state index is 12.9. The van der Waals surface area contributed by atoms with Crippen molar-refractivity contribution < 1.29 is 4.39 Å². The topological polar surface area (TPSA) is 72.9 Å². The Balaban J connectivity index is 1.70. The normalized spacial score (nSPS) is 13.9. The van der Waals surface area contributed by atoms with Gasteiger partial charge in [0.2, 0.25) is 0 Å². The van der Waals surface area contributed by atoms with Gasteiger partial charge in [-0.05, 0) is 55.5 Å². The van der Waals surface area contributed by atoms with E-state index in [1.54, 1.807) is 23.5 Å². The minimum absolute atomic E-state index is 0.185. The van der Waals surface area contributed by atoms with Crippen molar-refractivity contribution in [1.82, 2.24) is 9.66 Å². The van der Waals surface area contributed by atoms with Gasteiger partial charge < -0.3 is 11.2 Å². The van der Waals surface area contributed by atoms with Gasteiger partial charge in [-0.3, -0.25) is 4.79 Å². The Bertz CT molecular complexity index is 961. The second-order valence-electron chi connectivity index (χ2n) is 5.95.